The molecule has 0 aromatic carbocycles. The molecular formula is C32H52O. The molecule has 5 aliphatic carbocycles. The second-order valence-corrected chi connectivity index (χ2v) is 14.6. The van der Waals surface area contributed by atoms with Crippen LogP contribution in [0.25, 0.3) is 0 Å². The first kappa shape index (κ1) is 24.1. The molecule has 0 radical (unpaired) electrons. The molecule has 4 fully saturated rings. The molecule has 186 valence electrons. The Morgan fingerprint density at radius 2 is 1.73 bits per heavy atom. The summed E-state index contributed by atoms with van der Waals surface area (Å²) in [5, 5.41) is 0. The first-order valence-electron chi connectivity index (χ1n) is 14.9. The molecule has 4 saturated carbocycles. The van der Waals surface area contributed by atoms with Gasteiger partial charge in [0.2, 0.25) is 0 Å². The second kappa shape index (κ2) is 8.51. The topological polar surface area (TPSA) is 17.1 Å². The summed E-state index contributed by atoms with van der Waals surface area (Å²) >= 11 is 0. The number of Topliss-reactive ketones (excluding diaryl/α,β-unsaturated/α-hetero) is 1. The molecule has 0 heterocycles. The van der Waals surface area contributed by atoms with Crippen LogP contribution in [0.1, 0.15) is 125 Å². The lowest BCUT2D eigenvalue weighted by Gasteiger charge is -2.62. The molecule has 9 atom stereocenters. The standard InChI is InChI=1S/C32H52O/c1-21(2)10-9-11-22(3)25-15-16-26-24-14-13-23-20-30(4)18-8-7-12-28(30)29(33)32(23,6)27(24)17-19-31(25,26)5/h12,21-27H,7-11,13-20H2,1-6H3. The predicted octanol–water partition coefficient (Wildman–Crippen LogP) is 9.01. The summed E-state index contributed by atoms with van der Waals surface area (Å²) in [7, 11) is 0. The minimum Gasteiger partial charge on any atom is -0.294 e. The zero-order valence-electron chi connectivity index (χ0n) is 22.7. The van der Waals surface area contributed by atoms with E-state index in [-0.39, 0.29) is 10.8 Å². The Hall–Kier alpha value is -0.590. The number of allylic oxidation sites excluding steroid dienone is 2. The maximum absolute atomic E-state index is 14.2. The van der Waals surface area contributed by atoms with Gasteiger partial charge in [0.15, 0.2) is 5.78 Å². The molecule has 0 aromatic rings. The lowest BCUT2D eigenvalue weighted by molar-refractivity contribution is -0.157. The summed E-state index contributed by atoms with van der Waals surface area (Å²) < 4.78 is 0. The molecule has 0 N–H and O–H groups in total. The van der Waals surface area contributed by atoms with Crippen molar-refractivity contribution in [3.8, 4) is 0 Å². The van der Waals surface area contributed by atoms with Crippen LogP contribution in [0.2, 0.25) is 0 Å². The van der Waals surface area contributed by atoms with Crippen molar-refractivity contribution in [2.24, 2.45) is 57.7 Å². The molecule has 5 aliphatic rings. The Morgan fingerprint density at radius 1 is 0.939 bits per heavy atom. The van der Waals surface area contributed by atoms with Crippen LogP contribution in [-0.2, 0) is 4.79 Å². The van der Waals surface area contributed by atoms with E-state index in [0.717, 1.165) is 36.0 Å². The molecule has 0 spiro atoms. The van der Waals surface area contributed by atoms with Gasteiger partial charge in [0, 0.05) is 5.41 Å². The number of carbonyl (C=O) groups is 1. The SMILES string of the molecule is CC(C)CCCC(C)C1CCC2C3CCC4CC5(C)CCCC=C5C(=O)C4(C)C3CCC12C. The van der Waals surface area contributed by atoms with Gasteiger partial charge in [0.05, 0.1) is 0 Å². The normalized spacial score (nSPS) is 47.9. The highest BCUT2D eigenvalue weighted by molar-refractivity contribution is 6.02. The largest absolute Gasteiger partial charge is 0.294 e. The molecular weight excluding hydrogens is 400 g/mol. The van der Waals surface area contributed by atoms with E-state index in [9.17, 15) is 4.79 Å². The first-order chi connectivity index (χ1) is 15.6. The molecule has 0 bridgehead atoms. The smallest absolute Gasteiger partial charge is 0.165 e. The number of hydrogen-bond acceptors (Lipinski definition) is 1. The van der Waals surface area contributed by atoms with Gasteiger partial charge in [-0.2, -0.15) is 0 Å². The van der Waals surface area contributed by atoms with Crippen LogP contribution in [0.15, 0.2) is 11.6 Å². The maximum Gasteiger partial charge on any atom is 0.165 e. The number of carbonyl (C=O) groups excluding carboxylic acids is 1. The third kappa shape index (κ3) is 3.64. The van der Waals surface area contributed by atoms with E-state index in [1.807, 2.05) is 0 Å². The molecule has 5 rings (SSSR count). The highest BCUT2D eigenvalue weighted by Crippen LogP contribution is 2.69. The van der Waals surface area contributed by atoms with Crippen LogP contribution >= 0.6 is 0 Å². The second-order valence-electron chi connectivity index (χ2n) is 14.6. The number of ketones is 1. The Labute approximate surface area is 204 Å². The molecule has 0 aromatic heterocycles. The van der Waals surface area contributed by atoms with Gasteiger partial charge in [-0.15, -0.1) is 0 Å². The number of hydrogen-bond donors (Lipinski definition) is 0. The number of rotatable bonds is 5. The summed E-state index contributed by atoms with van der Waals surface area (Å²) in [5.41, 5.74) is 1.88. The van der Waals surface area contributed by atoms with Crippen molar-refractivity contribution in [1.82, 2.24) is 0 Å². The zero-order chi connectivity index (χ0) is 23.6. The quantitative estimate of drug-likeness (QED) is 0.406. The summed E-state index contributed by atoms with van der Waals surface area (Å²) in [6.45, 7) is 14.9. The summed E-state index contributed by atoms with van der Waals surface area (Å²) in [4.78, 5) is 14.2. The van der Waals surface area contributed by atoms with Crippen molar-refractivity contribution < 1.29 is 4.79 Å². The van der Waals surface area contributed by atoms with Gasteiger partial charge in [-0.3, -0.25) is 4.79 Å². The van der Waals surface area contributed by atoms with Crippen LogP contribution in [0.4, 0.5) is 0 Å². The van der Waals surface area contributed by atoms with Crippen molar-refractivity contribution in [3.05, 3.63) is 11.6 Å². The van der Waals surface area contributed by atoms with Gasteiger partial charge < -0.3 is 0 Å². The lowest BCUT2D eigenvalue weighted by atomic mass is 9.41. The van der Waals surface area contributed by atoms with E-state index < -0.39 is 0 Å². The fraction of sp³-hybridized carbons (Fsp3) is 0.906. The summed E-state index contributed by atoms with van der Waals surface area (Å²) in [5.74, 6) is 6.15. The van der Waals surface area contributed by atoms with Crippen LogP contribution in [-0.4, -0.2) is 5.78 Å². The maximum atomic E-state index is 14.2. The van der Waals surface area contributed by atoms with E-state index in [2.05, 4.69) is 47.6 Å². The third-order valence-corrected chi connectivity index (χ3v) is 12.5. The van der Waals surface area contributed by atoms with Crippen molar-refractivity contribution in [3.63, 3.8) is 0 Å². The van der Waals surface area contributed by atoms with Crippen molar-refractivity contribution in [1.29, 1.82) is 0 Å². The van der Waals surface area contributed by atoms with Crippen LogP contribution in [0.5, 0.6) is 0 Å². The van der Waals surface area contributed by atoms with Gasteiger partial charge in [0.1, 0.15) is 0 Å². The van der Waals surface area contributed by atoms with Gasteiger partial charge in [-0.05, 0) is 122 Å². The zero-order valence-corrected chi connectivity index (χ0v) is 22.7. The van der Waals surface area contributed by atoms with Crippen LogP contribution in [0, 0.1) is 57.7 Å². The number of fused-ring (bicyclic) bond motifs is 6. The monoisotopic (exact) mass is 452 g/mol. The molecule has 0 aliphatic heterocycles. The van der Waals surface area contributed by atoms with Gasteiger partial charge in [-0.1, -0.05) is 66.9 Å². The van der Waals surface area contributed by atoms with E-state index in [1.54, 1.807) is 0 Å². The van der Waals surface area contributed by atoms with Gasteiger partial charge >= 0.3 is 0 Å². The molecule has 0 amide bonds. The van der Waals surface area contributed by atoms with E-state index in [1.165, 1.54) is 82.6 Å². The minimum absolute atomic E-state index is 0.0755. The molecule has 1 heteroatoms. The fourth-order valence-corrected chi connectivity index (χ4v) is 10.7. The van der Waals surface area contributed by atoms with E-state index in [4.69, 9.17) is 0 Å². The van der Waals surface area contributed by atoms with Crippen molar-refractivity contribution in [2.45, 2.75) is 125 Å². The Kier molecular flexibility index (Phi) is 6.22. The van der Waals surface area contributed by atoms with Gasteiger partial charge in [0.25, 0.3) is 0 Å². The van der Waals surface area contributed by atoms with E-state index >= 15 is 0 Å². The first-order valence-corrected chi connectivity index (χ1v) is 14.9. The van der Waals surface area contributed by atoms with Crippen molar-refractivity contribution in [2.75, 3.05) is 0 Å². The summed E-state index contributed by atoms with van der Waals surface area (Å²) in [6, 6.07) is 0. The highest BCUT2D eigenvalue weighted by Gasteiger charge is 2.64. The molecule has 9 unspecified atom stereocenters. The Bertz CT molecular complexity index is 792. The Balaban J connectivity index is 1.36. The highest BCUT2D eigenvalue weighted by atomic mass is 16.1. The predicted molar refractivity (Wildman–Crippen MR) is 139 cm³/mol. The van der Waals surface area contributed by atoms with Gasteiger partial charge in [-0.25, -0.2) is 0 Å². The summed E-state index contributed by atoms with van der Waals surface area (Å²) in [6.07, 6.45) is 19.8. The fourth-order valence-electron chi connectivity index (χ4n) is 10.7. The van der Waals surface area contributed by atoms with Crippen LogP contribution < -0.4 is 0 Å². The average Bonchev–Trinajstić information content (AvgIpc) is 3.12. The lowest BCUT2D eigenvalue weighted by Crippen LogP contribution is -2.59. The minimum atomic E-state index is -0.0755. The third-order valence-electron chi connectivity index (χ3n) is 12.5. The molecule has 0 saturated heterocycles. The van der Waals surface area contributed by atoms with E-state index in [0.29, 0.717) is 23.0 Å². The Morgan fingerprint density at radius 3 is 2.48 bits per heavy atom. The molecule has 1 nitrogen and oxygen atoms in total. The average molecular weight is 453 g/mol. The molecule has 33 heavy (non-hydrogen) atoms. The van der Waals surface area contributed by atoms with Crippen LogP contribution in [0.3, 0.4) is 0 Å². The van der Waals surface area contributed by atoms with Crippen molar-refractivity contribution >= 4 is 5.78 Å².